The van der Waals surface area contributed by atoms with Crippen LogP contribution in [0, 0.1) is 40.9 Å². The van der Waals surface area contributed by atoms with E-state index in [1.165, 1.54) is 70.9 Å². The molecule has 0 spiro atoms. The van der Waals surface area contributed by atoms with Crippen LogP contribution in [0.15, 0.2) is 0 Å². The smallest absolute Gasteiger partial charge is 0.0844 e. The number of hydrogen-bond donors (Lipinski definition) is 1. The van der Waals surface area contributed by atoms with Crippen molar-refractivity contribution < 1.29 is 9.84 Å². The maximum absolute atomic E-state index is 11.4. The zero-order valence-electron chi connectivity index (χ0n) is 17.4. The molecule has 2 saturated heterocycles. The van der Waals surface area contributed by atoms with Gasteiger partial charge in [-0.2, -0.15) is 0 Å². The molecule has 27 heavy (non-hydrogen) atoms. The third-order valence-electron chi connectivity index (χ3n) is 10.6. The van der Waals surface area contributed by atoms with Crippen LogP contribution >= 0.6 is 0 Å². The number of aliphatic hydroxyl groups is 1. The molecule has 2 aliphatic heterocycles. The molecule has 0 aromatic rings. The fraction of sp³-hybridized carbons (Fsp3) is 1.00. The molecule has 0 aromatic carbocycles. The van der Waals surface area contributed by atoms with Gasteiger partial charge in [-0.3, -0.25) is 4.90 Å². The van der Waals surface area contributed by atoms with Gasteiger partial charge in [-0.25, -0.2) is 0 Å². The Morgan fingerprint density at radius 2 is 1.70 bits per heavy atom. The molecule has 6 aliphatic rings. The van der Waals surface area contributed by atoms with Gasteiger partial charge >= 0.3 is 0 Å². The largest absolute Gasteiger partial charge is 0.391 e. The van der Waals surface area contributed by atoms with E-state index in [0.29, 0.717) is 18.2 Å². The molecule has 4 aliphatic carbocycles. The zero-order valence-corrected chi connectivity index (χ0v) is 17.4. The Morgan fingerprint density at radius 1 is 0.926 bits per heavy atom. The molecule has 0 aromatic heterocycles. The molecule has 152 valence electrons. The van der Waals surface area contributed by atoms with Crippen LogP contribution in [-0.2, 0) is 4.74 Å². The summed E-state index contributed by atoms with van der Waals surface area (Å²) in [7, 11) is 0. The van der Waals surface area contributed by atoms with E-state index in [9.17, 15) is 5.11 Å². The van der Waals surface area contributed by atoms with Crippen molar-refractivity contribution in [3.8, 4) is 0 Å². The van der Waals surface area contributed by atoms with Gasteiger partial charge < -0.3 is 9.84 Å². The molecule has 6 rings (SSSR count). The van der Waals surface area contributed by atoms with Crippen LogP contribution < -0.4 is 0 Å². The van der Waals surface area contributed by atoms with Crippen molar-refractivity contribution in [1.82, 2.24) is 4.90 Å². The molecule has 0 bridgehead atoms. The van der Waals surface area contributed by atoms with Gasteiger partial charge in [0, 0.05) is 6.04 Å². The Bertz CT molecular complexity index is 589. The van der Waals surface area contributed by atoms with E-state index >= 15 is 0 Å². The second-order valence-corrected chi connectivity index (χ2v) is 11.5. The monoisotopic (exact) mass is 373 g/mol. The molecular formula is C24H39NO2. The van der Waals surface area contributed by atoms with E-state index in [4.69, 9.17) is 4.74 Å². The Labute approximate surface area is 165 Å². The standard InChI is InChI=1S/C24H39NO2/c1-14-16-7-8-24(2)19(13-20(23(24)26)25-9-3-4-10-25)17(16)6-5-15-11-21-22(27-21)12-18(14)15/h14-23,26H,3-13H2,1-2H3/t14?,15?,16?,17?,18?,19?,20?,21-,22+,23?,24?/m0/s1. The molecular weight excluding hydrogens is 334 g/mol. The highest BCUT2D eigenvalue weighted by Gasteiger charge is 2.61. The van der Waals surface area contributed by atoms with Gasteiger partial charge in [0.15, 0.2) is 0 Å². The summed E-state index contributed by atoms with van der Waals surface area (Å²) in [5.74, 6) is 5.21. The van der Waals surface area contributed by atoms with E-state index in [-0.39, 0.29) is 11.5 Å². The maximum Gasteiger partial charge on any atom is 0.0844 e. The fourth-order valence-corrected chi connectivity index (χ4v) is 9.02. The number of epoxide rings is 1. The SMILES string of the molecule is CC1C2C[C@H]3O[C@H]3CC2CCC2C1CCC1(C)C(O)C(N3CCCC3)CC21. The number of likely N-dealkylation sites (tertiary alicyclic amines) is 1. The van der Waals surface area contributed by atoms with Gasteiger partial charge in [0.25, 0.3) is 0 Å². The molecule has 3 heteroatoms. The topological polar surface area (TPSA) is 36.0 Å². The second kappa shape index (κ2) is 6.19. The molecule has 6 fully saturated rings. The van der Waals surface area contributed by atoms with E-state index < -0.39 is 0 Å². The molecule has 3 nitrogen and oxygen atoms in total. The van der Waals surface area contributed by atoms with Crippen LogP contribution in [0.4, 0.5) is 0 Å². The van der Waals surface area contributed by atoms with E-state index in [1.54, 1.807) is 0 Å². The predicted molar refractivity (Wildman–Crippen MR) is 106 cm³/mol. The zero-order chi connectivity index (χ0) is 18.3. The van der Waals surface area contributed by atoms with Gasteiger partial charge in [0.1, 0.15) is 0 Å². The summed E-state index contributed by atoms with van der Waals surface area (Å²) in [6.45, 7) is 7.50. The van der Waals surface area contributed by atoms with E-state index in [1.807, 2.05) is 0 Å². The summed E-state index contributed by atoms with van der Waals surface area (Å²) in [6.07, 6.45) is 13.3. The minimum atomic E-state index is -0.0940. The summed E-state index contributed by atoms with van der Waals surface area (Å²) in [5, 5.41) is 11.4. The normalized spacial score (nSPS) is 60.1. The van der Waals surface area contributed by atoms with Crippen LogP contribution in [0.5, 0.6) is 0 Å². The molecule has 1 N–H and O–H groups in total. The van der Waals surface area contributed by atoms with Crippen LogP contribution in [-0.4, -0.2) is 47.4 Å². The Balaban J connectivity index is 1.27. The lowest BCUT2D eigenvalue weighted by Crippen LogP contribution is -2.47. The number of fused-ring (bicyclic) bond motifs is 5. The first kappa shape index (κ1) is 17.7. The van der Waals surface area contributed by atoms with Crippen LogP contribution in [0.1, 0.15) is 71.6 Å². The highest BCUT2D eigenvalue weighted by atomic mass is 16.6. The van der Waals surface area contributed by atoms with Crippen molar-refractivity contribution >= 4 is 0 Å². The van der Waals surface area contributed by atoms with Crippen LogP contribution in [0.2, 0.25) is 0 Å². The summed E-state index contributed by atoms with van der Waals surface area (Å²) in [4.78, 5) is 2.65. The van der Waals surface area contributed by atoms with E-state index in [0.717, 1.165) is 35.5 Å². The molecule has 2 heterocycles. The minimum Gasteiger partial charge on any atom is -0.391 e. The number of ether oxygens (including phenoxy) is 1. The van der Waals surface area contributed by atoms with Crippen molar-refractivity contribution in [2.24, 2.45) is 40.9 Å². The highest BCUT2D eigenvalue weighted by molar-refractivity contribution is 5.11. The lowest BCUT2D eigenvalue weighted by atomic mass is 9.56. The first-order chi connectivity index (χ1) is 13.1. The van der Waals surface area contributed by atoms with Gasteiger partial charge in [0.2, 0.25) is 0 Å². The predicted octanol–water partition coefficient (Wildman–Crippen LogP) is 4.09. The fourth-order valence-electron chi connectivity index (χ4n) is 9.02. The third-order valence-corrected chi connectivity index (χ3v) is 10.6. The summed E-state index contributed by atoms with van der Waals surface area (Å²) >= 11 is 0. The molecule has 11 atom stereocenters. The minimum absolute atomic E-state index is 0.0940. The Kier molecular flexibility index (Phi) is 4.06. The summed E-state index contributed by atoms with van der Waals surface area (Å²) in [5.41, 5.74) is 0.176. The van der Waals surface area contributed by atoms with Crippen molar-refractivity contribution in [2.45, 2.75) is 96.0 Å². The average molecular weight is 374 g/mol. The van der Waals surface area contributed by atoms with Crippen molar-refractivity contribution in [3.63, 3.8) is 0 Å². The maximum atomic E-state index is 11.4. The quantitative estimate of drug-likeness (QED) is 0.703. The van der Waals surface area contributed by atoms with Crippen molar-refractivity contribution in [2.75, 3.05) is 13.1 Å². The number of hydrogen-bond acceptors (Lipinski definition) is 3. The third kappa shape index (κ3) is 2.56. The molecule has 9 unspecified atom stereocenters. The summed E-state index contributed by atoms with van der Waals surface area (Å²) in [6, 6.07) is 0.447. The lowest BCUT2D eigenvalue weighted by Gasteiger charge is -2.49. The number of aliphatic hydroxyl groups excluding tert-OH is 1. The number of nitrogens with zero attached hydrogens (tertiary/aromatic N) is 1. The first-order valence-electron chi connectivity index (χ1n) is 12.1. The number of rotatable bonds is 1. The lowest BCUT2D eigenvalue weighted by molar-refractivity contribution is -0.0581. The highest BCUT2D eigenvalue weighted by Crippen LogP contribution is 2.63. The summed E-state index contributed by atoms with van der Waals surface area (Å²) < 4.78 is 5.93. The molecule has 4 saturated carbocycles. The molecule has 0 radical (unpaired) electrons. The van der Waals surface area contributed by atoms with E-state index in [2.05, 4.69) is 18.7 Å². The average Bonchev–Trinajstić information content (AvgIpc) is 3.14. The molecule has 0 amide bonds. The Hall–Kier alpha value is -0.120. The van der Waals surface area contributed by atoms with Crippen molar-refractivity contribution in [3.05, 3.63) is 0 Å². The van der Waals surface area contributed by atoms with Gasteiger partial charge in [-0.15, -0.1) is 0 Å². The van der Waals surface area contributed by atoms with Gasteiger partial charge in [-0.05, 0) is 112 Å². The first-order valence-corrected chi connectivity index (χ1v) is 12.1. The van der Waals surface area contributed by atoms with Crippen LogP contribution in [0.3, 0.4) is 0 Å². The van der Waals surface area contributed by atoms with Gasteiger partial charge in [-0.1, -0.05) is 13.8 Å². The van der Waals surface area contributed by atoms with Crippen LogP contribution in [0.25, 0.3) is 0 Å². The Morgan fingerprint density at radius 3 is 2.52 bits per heavy atom. The van der Waals surface area contributed by atoms with Gasteiger partial charge in [0.05, 0.1) is 18.3 Å². The van der Waals surface area contributed by atoms with Crippen molar-refractivity contribution in [1.29, 1.82) is 0 Å². The second-order valence-electron chi connectivity index (χ2n) is 11.5.